The molecular formula is C37H44Cl2NOSiTi. The molecule has 1 amide bonds. The summed E-state index contributed by atoms with van der Waals surface area (Å²) in [7, 11) is 16.4. The Labute approximate surface area is 268 Å². The molecule has 43 heavy (non-hydrogen) atoms. The van der Waals surface area contributed by atoms with E-state index in [1.165, 1.54) is 67.2 Å². The molecule has 0 heterocycles. The number of hydrogen-bond donors (Lipinski definition) is 1. The zero-order valence-corrected chi connectivity index (χ0v) is 29.6. The van der Waals surface area contributed by atoms with Crippen LogP contribution in [0, 0.1) is 0 Å². The number of amides is 1. The van der Waals surface area contributed by atoms with Crippen molar-refractivity contribution in [2.24, 2.45) is 0 Å². The van der Waals surface area contributed by atoms with Crippen molar-refractivity contribution in [2.45, 2.75) is 77.6 Å². The van der Waals surface area contributed by atoms with Crippen molar-refractivity contribution in [3.63, 3.8) is 0 Å². The average Bonchev–Trinajstić information content (AvgIpc) is 3.40. The van der Waals surface area contributed by atoms with Gasteiger partial charge in [-0.05, 0) is 0 Å². The summed E-state index contributed by atoms with van der Waals surface area (Å²) in [6, 6.07) is 35.9. The van der Waals surface area contributed by atoms with Crippen molar-refractivity contribution >= 4 is 45.4 Å². The molecule has 5 rings (SSSR count). The van der Waals surface area contributed by atoms with E-state index in [9.17, 15) is 4.79 Å². The molecule has 0 unspecified atom stereocenters. The summed E-state index contributed by atoms with van der Waals surface area (Å²) in [5, 5.41) is 2.32. The maximum atomic E-state index is 13.9. The molecule has 6 heteroatoms. The van der Waals surface area contributed by atoms with Crippen LogP contribution in [0.3, 0.4) is 0 Å². The summed E-state index contributed by atoms with van der Waals surface area (Å²) in [6.07, 6.45) is 12.1. The first kappa shape index (κ1) is 32.3. The van der Waals surface area contributed by atoms with Crippen molar-refractivity contribution in [2.75, 3.05) is 0 Å². The van der Waals surface area contributed by atoms with E-state index in [4.69, 9.17) is 18.6 Å². The summed E-state index contributed by atoms with van der Waals surface area (Å²) < 4.78 is 4.50. The summed E-state index contributed by atoms with van der Waals surface area (Å²) >= 11 is -5.10. The second kappa shape index (κ2) is 14.8. The molecule has 225 valence electrons. The molecular weight excluding hydrogens is 621 g/mol. The summed E-state index contributed by atoms with van der Waals surface area (Å²) in [5.41, 5.74) is 4.89. The zero-order chi connectivity index (χ0) is 30.1. The monoisotopic (exact) mass is 664 g/mol. The summed E-state index contributed by atoms with van der Waals surface area (Å²) in [6.45, 7) is -0.132. The van der Waals surface area contributed by atoms with Gasteiger partial charge in [0.05, 0.1) is 0 Å². The third kappa shape index (κ3) is 7.40. The standard InChI is InChI=1S/C13H9.C12H25NO.C12H11Si.2ClH.Ti/c1-3-7-12-10(5-1)9-11-6-2-4-8-13(11)12;1-2-3-4-5-6-7-8-9-10-11-12(13)14;1-3-7-11(8-4-1)13-12-9-5-2-6-10-12;;;/h1-5,7-8H,9H2;2-11H2,1H3,(H2,13,14);1-10,13H;2*1H;/q;;;;;+3/p-3. The predicted octanol–water partition coefficient (Wildman–Crippen LogP) is 8.37. The second-order valence-corrected chi connectivity index (χ2v) is 36.7. The Bertz CT molecular complexity index is 1470. The fourth-order valence-electron chi connectivity index (χ4n) is 6.86. The van der Waals surface area contributed by atoms with Gasteiger partial charge >= 0.3 is 263 Å². The van der Waals surface area contributed by atoms with Crippen LogP contribution in [0.5, 0.6) is 0 Å². The van der Waals surface area contributed by atoms with Crippen LogP contribution >= 0.6 is 18.6 Å². The molecule has 0 radical (unpaired) electrons. The predicted molar refractivity (Wildman–Crippen MR) is 185 cm³/mol. The number of carbonyl (C=O) groups excluding carboxylic acids is 1. The molecule has 0 atom stereocenters. The molecule has 0 aliphatic heterocycles. The maximum absolute atomic E-state index is 13.9. The van der Waals surface area contributed by atoms with Crippen LogP contribution in [-0.2, 0) is 23.9 Å². The van der Waals surface area contributed by atoms with Gasteiger partial charge in [-0.3, -0.25) is 0 Å². The van der Waals surface area contributed by atoms with E-state index in [2.05, 4.69) is 102 Å². The van der Waals surface area contributed by atoms with Gasteiger partial charge in [0, 0.05) is 0 Å². The summed E-state index contributed by atoms with van der Waals surface area (Å²) in [4.78, 5) is 13.9. The normalized spacial score (nSPS) is 13.3. The van der Waals surface area contributed by atoms with Crippen LogP contribution < -0.4 is 18.0 Å². The molecule has 2 nitrogen and oxygen atoms in total. The van der Waals surface area contributed by atoms with Crippen LogP contribution in [0.2, 0.25) is 0 Å². The summed E-state index contributed by atoms with van der Waals surface area (Å²) in [5.74, 6) is -0.0116. The van der Waals surface area contributed by atoms with Gasteiger partial charge in [0.15, 0.2) is 0 Å². The number of halogens is 2. The van der Waals surface area contributed by atoms with E-state index >= 15 is 0 Å². The molecule has 0 aromatic heterocycles. The van der Waals surface area contributed by atoms with Gasteiger partial charge in [-0.25, -0.2) is 0 Å². The number of unbranched alkanes of at least 4 members (excludes halogenated alkanes) is 8. The Morgan fingerprint density at radius 3 is 1.84 bits per heavy atom. The number of fused-ring (bicyclic) bond motifs is 3. The van der Waals surface area contributed by atoms with Gasteiger partial charge in [0.2, 0.25) is 0 Å². The number of nitrogens with one attached hydrogen (secondary N) is 1. The average molecular weight is 666 g/mol. The van der Waals surface area contributed by atoms with Crippen LogP contribution in [0.1, 0.15) is 82.3 Å². The van der Waals surface area contributed by atoms with E-state index in [0.717, 1.165) is 33.5 Å². The Balaban J connectivity index is 1.48. The van der Waals surface area contributed by atoms with Crippen molar-refractivity contribution in [3.05, 3.63) is 114 Å². The third-order valence-corrected chi connectivity index (χ3v) is 33.1. The fourth-order valence-corrected chi connectivity index (χ4v) is 32.9. The SMILES string of the molecule is CCCCCCCCCCCC(=O)[NH][Ti]([Cl])([Cl])([c]1cccc2c1Cc1ccccc1-2)[SiH](c1ccccc1)c1ccccc1. The molecule has 4 aromatic rings. The van der Waals surface area contributed by atoms with Gasteiger partial charge in [-0.1, -0.05) is 6.92 Å². The molecule has 1 N–H and O–H groups in total. The fraction of sp³-hybridized carbons (Fsp3) is 0.324. The van der Waals surface area contributed by atoms with E-state index in [-0.39, 0.29) is 5.91 Å². The van der Waals surface area contributed by atoms with Crippen LogP contribution in [-0.4, -0.2) is 12.6 Å². The number of carbonyl (C=O) groups is 1. The van der Waals surface area contributed by atoms with Gasteiger partial charge in [-0.15, -0.1) is 0 Å². The zero-order valence-electron chi connectivity index (χ0n) is 25.3. The van der Waals surface area contributed by atoms with E-state index in [1.807, 2.05) is 12.1 Å². The minimum atomic E-state index is -5.10. The molecule has 0 saturated carbocycles. The third-order valence-electron chi connectivity index (χ3n) is 8.99. The molecule has 1 aliphatic carbocycles. The quantitative estimate of drug-likeness (QED) is 0.0884. The Hall–Kier alpha value is -2.14. The van der Waals surface area contributed by atoms with Gasteiger partial charge in [0.1, 0.15) is 0 Å². The Morgan fingerprint density at radius 1 is 0.674 bits per heavy atom. The van der Waals surface area contributed by atoms with Crippen LogP contribution in [0.15, 0.2) is 103 Å². The number of hydrogen-bond acceptors (Lipinski definition) is 1. The van der Waals surface area contributed by atoms with Gasteiger partial charge in [-0.2, -0.15) is 0 Å². The van der Waals surface area contributed by atoms with Crippen molar-refractivity contribution in [1.29, 1.82) is 0 Å². The van der Waals surface area contributed by atoms with Crippen LogP contribution in [0.4, 0.5) is 0 Å². The topological polar surface area (TPSA) is 29.1 Å². The molecule has 1 aliphatic rings. The van der Waals surface area contributed by atoms with E-state index < -0.39 is 19.4 Å². The van der Waals surface area contributed by atoms with Crippen molar-refractivity contribution < 1.29 is 17.5 Å². The second-order valence-electron chi connectivity index (χ2n) is 12.1. The van der Waals surface area contributed by atoms with Crippen LogP contribution in [0.25, 0.3) is 11.1 Å². The number of rotatable bonds is 15. The number of benzene rings is 4. The van der Waals surface area contributed by atoms with E-state index in [0.29, 0.717) is 6.42 Å². The van der Waals surface area contributed by atoms with Gasteiger partial charge < -0.3 is 0 Å². The first-order chi connectivity index (χ1) is 20.9. The Morgan fingerprint density at radius 2 is 1.21 bits per heavy atom. The molecule has 0 fully saturated rings. The van der Waals surface area contributed by atoms with Gasteiger partial charge in [0.25, 0.3) is 0 Å². The van der Waals surface area contributed by atoms with Crippen molar-refractivity contribution in [3.8, 4) is 11.1 Å². The minimum absolute atomic E-state index is 0.0116. The van der Waals surface area contributed by atoms with E-state index in [1.54, 1.807) is 0 Å². The first-order valence-electron chi connectivity index (χ1n) is 16.1. The molecule has 0 bridgehead atoms. The first-order valence-corrected chi connectivity index (χ1v) is 26.4. The van der Waals surface area contributed by atoms with Crippen molar-refractivity contribution in [1.82, 2.24) is 3.80 Å². The Kier molecular flexibility index (Phi) is 11.1. The molecule has 4 aromatic carbocycles. The molecule has 0 spiro atoms. The molecule has 0 saturated heterocycles.